The molecule has 3 aromatic rings. The smallest absolute Gasteiger partial charge is 0.416 e. The summed E-state index contributed by atoms with van der Waals surface area (Å²) in [6.45, 7) is 2.89. The summed E-state index contributed by atoms with van der Waals surface area (Å²) in [6, 6.07) is 19.4. The first-order chi connectivity index (χ1) is 19.9. The number of hydrogen-bond donors (Lipinski definition) is 0. The lowest BCUT2D eigenvalue weighted by Crippen LogP contribution is -2.51. The van der Waals surface area contributed by atoms with E-state index in [-0.39, 0.29) is 23.5 Å². The standard InChI is InChI=1S/C32H28F3N3O4/c1-19-27(20(2)39)28(23-12-8-21(17-36)9-13-23)29(30(40)37(3)18-22-10-14-26(42-4)15-11-22)31(41)38(19)25-7-5-6-24(16-25)32(33,34)35/h5-16,28-29H,18H2,1-4H3. The number of alkyl halides is 3. The fraction of sp³-hybridized carbons (Fsp3) is 0.250. The zero-order valence-corrected chi connectivity index (χ0v) is 23.4. The monoisotopic (exact) mass is 575 g/mol. The van der Waals surface area contributed by atoms with Crippen LogP contribution in [0.1, 0.15) is 42.0 Å². The molecular weight excluding hydrogens is 547 g/mol. The minimum Gasteiger partial charge on any atom is -0.497 e. The summed E-state index contributed by atoms with van der Waals surface area (Å²) >= 11 is 0. The Bertz CT molecular complexity index is 1590. The predicted molar refractivity (Wildman–Crippen MR) is 149 cm³/mol. The van der Waals surface area contributed by atoms with Gasteiger partial charge in [-0.1, -0.05) is 30.3 Å². The number of rotatable bonds is 7. The van der Waals surface area contributed by atoms with E-state index in [9.17, 15) is 32.8 Å². The molecule has 2 unspecified atom stereocenters. The van der Waals surface area contributed by atoms with Crippen LogP contribution in [0, 0.1) is 17.2 Å². The summed E-state index contributed by atoms with van der Waals surface area (Å²) in [6.07, 6.45) is -4.67. The molecule has 2 atom stereocenters. The molecule has 0 aliphatic carbocycles. The number of ketones is 1. The molecule has 0 spiro atoms. The molecule has 2 amide bonds. The van der Waals surface area contributed by atoms with Gasteiger partial charge in [0.15, 0.2) is 5.78 Å². The van der Waals surface area contributed by atoms with Gasteiger partial charge in [-0.2, -0.15) is 18.4 Å². The Labute approximate surface area is 241 Å². The van der Waals surface area contributed by atoms with Gasteiger partial charge >= 0.3 is 6.18 Å². The molecule has 7 nitrogen and oxygen atoms in total. The van der Waals surface area contributed by atoms with Crippen LogP contribution < -0.4 is 9.64 Å². The lowest BCUT2D eigenvalue weighted by Gasteiger charge is -2.40. The minimum atomic E-state index is -4.67. The van der Waals surface area contributed by atoms with Crippen molar-refractivity contribution < 1.29 is 32.3 Å². The van der Waals surface area contributed by atoms with Gasteiger partial charge in [0.1, 0.15) is 11.7 Å². The Morgan fingerprint density at radius 1 is 1.05 bits per heavy atom. The van der Waals surface area contributed by atoms with Crippen LogP contribution in [0.5, 0.6) is 5.75 Å². The maximum Gasteiger partial charge on any atom is 0.416 e. The highest BCUT2D eigenvalue weighted by Gasteiger charge is 2.48. The van der Waals surface area contributed by atoms with Crippen molar-refractivity contribution in [2.24, 2.45) is 5.92 Å². The van der Waals surface area contributed by atoms with Crippen molar-refractivity contribution in [1.82, 2.24) is 4.90 Å². The van der Waals surface area contributed by atoms with Gasteiger partial charge < -0.3 is 9.64 Å². The first-order valence-corrected chi connectivity index (χ1v) is 13.0. The Morgan fingerprint density at radius 3 is 2.24 bits per heavy atom. The lowest BCUT2D eigenvalue weighted by molar-refractivity contribution is -0.142. The summed E-state index contributed by atoms with van der Waals surface area (Å²) in [7, 11) is 3.05. The maximum atomic E-state index is 14.2. The molecule has 4 rings (SSSR count). The second kappa shape index (κ2) is 11.9. The number of Topliss-reactive ketones (excluding diaryl/α,β-unsaturated/α-hetero) is 1. The van der Waals surface area contributed by atoms with E-state index >= 15 is 0 Å². The minimum absolute atomic E-state index is 0.111. The molecule has 1 aliphatic heterocycles. The Kier molecular flexibility index (Phi) is 8.52. The molecule has 216 valence electrons. The van der Waals surface area contributed by atoms with Crippen LogP contribution in [0.4, 0.5) is 18.9 Å². The van der Waals surface area contributed by atoms with Crippen molar-refractivity contribution in [3.63, 3.8) is 0 Å². The molecule has 0 N–H and O–H groups in total. The van der Waals surface area contributed by atoms with Gasteiger partial charge in [0.25, 0.3) is 0 Å². The number of allylic oxidation sites excluding steroid dienone is 2. The van der Waals surface area contributed by atoms with E-state index in [1.165, 1.54) is 57.2 Å². The van der Waals surface area contributed by atoms with Crippen molar-refractivity contribution in [1.29, 1.82) is 5.26 Å². The van der Waals surface area contributed by atoms with Crippen LogP contribution in [-0.4, -0.2) is 36.7 Å². The van der Waals surface area contributed by atoms with E-state index in [1.54, 1.807) is 36.4 Å². The topological polar surface area (TPSA) is 90.7 Å². The highest BCUT2D eigenvalue weighted by Crippen LogP contribution is 2.44. The molecule has 1 heterocycles. The zero-order valence-electron chi connectivity index (χ0n) is 23.4. The average molecular weight is 576 g/mol. The van der Waals surface area contributed by atoms with E-state index < -0.39 is 41.2 Å². The molecule has 1 aliphatic rings. The SMILES string of the molecule is COc1ccc(CN(C)C(=O)C2C(=O)N(c3cccc(C(F)(F)F)c3)C(C)=C(C(C)=O)C2c2ccc(C#N)cc2)cc1. The van der Waals surface area contributed by atoms with Crippen LogP contribution in [0.3, 0.4) is 0 Å². The summed E-state index contributed by atoms with van der Waals surface area (Å²) in [5, 5.41) is 9.27. The van der Waals surface area contributed by atoms with Crippen LogP contribution in [-0.2, 0) is 27.1 Å². The zero-order chi connectivity index (χ0) is 30.8. The fourth-order valence-corrected chi connectivity index (χ4v) is 5.27. The van der Waals surface area contributed by atoms with Crippen LogP contribution >= 0.6 is 0 Å². The van der Waals surface area contributed by atoms with Crippen LogP contribution in [0.2, 0.25) is 0 Å². The highest BCUT2D eigenvalue weighted by molar-refractivity contribution is 6.15. The van der Waals surface area contributed by atoms with Crippen molar-refractivity contribution in [3.05, 3.63) is 106 Å². The molecule has 10 heteroatoms. The molecule has 0 saturated carbocycles. The normalized spacial score (nSPS) is 17.1. The van der Waals surface area contributed by atoms with Crippen molar-refractivity contribution in [2.45, 2.75) is 32.5 Å². The van der Waals surface area contributed by atoms with Crippen molar-refractivity contribution in [3.8, 4) is 11.8 Å². The van der Waals surface area contributed by atoms with Crippen molar-refractivity contribution >= 4 is 23.3 Å². The third-order valence-electron chi connectivity index (χ3n) is 7.29. The van der Waals surface area contributed by atoms with Crippen LogP contribution in [0.15, 0.2) is 84.1 Å². The Hall–Kier alpha value is -4.91. The molecule has 42 heavy (non-hydrogen) atoms. The first kappa shape index (κ1) is 30.1. The van der Waals surface area contributed by atoms with Gasteiger partial charge in [-0.05, 0) is 67.4 Å². The summed E-state index contributed by atoms with van der Waals surface area (Å²) in [5.74, 6) is -3.71. The number of carbonyl (C=O) groups excluding carboxylic acids is 3. The Balaban J connectivity index is 1.87. The van der Waals surface area contributed by atoms with E-state index in [2.05, 4.69) is 0 Å². The second-order valence-corrected chi connectivity index (χ2v) is 10.0. The number of carbonyl (C=O) groups is 3. The number of halogens is 3. The first-order valence-electron chi connectivity index (χ1n) is 13.0. The molecule has 0 saturated heterocycles. The van der Waals surface area contributed by atoms with Gasteiger partial charge in [-0.15, -0.1) is 0 Å². The number of hydrogen-bond acceptors (Lipinski definition) is 5. The third-order valence-corrected chi connectivity index (χ3v) is 7.29. The number of methoxy groups -OCH3 is 1. The number of benzene rings is 3. The number of anilines is 1. The quantitative estimate of drug-likeness (QED) is 0.330. The van der Waals surface area contributed by atoms with Gasteiger partial charge in [0, 0.05) is 36.5 Å². The number of ether oxygens (including phenoxy) is 1. The molecule has 0 bridgehead atoms. The summed E-state index contributed by atoms with van der Waals surface area (Å²) < 4.78 is 45.9. The molecule has 0 aromatic heterocycles. The van der Waals surface area contributed by atoms with E-state index in [0.717, 1.165) is 22.6 Å². The van der Waals surface area contributed by atoms with Crippen molar-refractivity contribution in [2.75, 3.05) is 19.1 Å². The van der Waals surface area contributed by atoms with Gasteiger partial charge in [-0.3, -0.25) is 19.3 Å². The van der Waals surface area contributed by atoms with E-state index in [0.29, 0.717) is 16.9 Å². The van der Waals surface area contributed by atoms with Gasteiger partial charge in [-0.25, -0.2) is 0 Å². The van der Waals surface area contributed by atoms with E-state index in [1.807, 2.05) is 6.07 Å². The number of nitriles is 1. The molecule has 3 aromatic carbocycles. The second-order valence-electron chi connectivity index (χ2n) is 10.0. The van der Waals surface area contributed by atoms with Gasteiger partial charge in [0.2, 0.25) is 11.8 Å². The van der Waals surface area contributed by atoms with E-state index in [4.69, 9.17) is 4.74 Å². The maximum absolute atomic E-state index is 14.2. The third kappa shape index (κ3) is 5.91. The summed E-state index contributed by atoms with van der Waals surface area (Å²) in [4.78, 5) is 43.9. The average Bonchev–Trinajstić information content (AvgIpc) is 2.96. The summed E-state index contributed by atoms with van der Waals surface area (Å²) in [5.41, 5.74) is 0.704. The molecular formula is C32H28F3N3O4. The fourth-order valence-electron chi connectivity index (χ4n) is 5.27. The lowest BCUT2D eigenvalue weighted by atomic mass is 9.74. The van der Waals surface area contributed by atoms with Gasteiger partial charge in [0.05, 0.1) is 24.3 Å². The number of amides is 2. The largest absolute Gasteiger partial charge is 0.497 e. The molecule has 0 radical (unpaired) electrons. The molecule has 0 fully saturated rings. The Morgan fingerprint density at radius 2 is 1.69 bits per heavy atom. The number of nitrogens with zero attached hydrogens (tertiary/aromatic N) is 3. The van der Waals surface area contributed by atoms with Crippen LogP contribution in [0.25, 0.3) is 0 Å². The predicted octanol–water partition coefficient (Wildman–Crippen LogP) is 5.85. The highest BCUT2D eigenvalue weighted by atomic mass is 19.4.